The van der Waals surface area contributed by atoms with Crippen LogP contribution in [0.4, 0.5) is 15.8 Å². The smallest absolute Gasteiger partial charge is 0.221 e. The molecule has 0 aliphatic rings. The lowest BCUT2D eigenvalue weighted by molar-refractivity contribution is 0.429. The van der Waals surface area contributed by atoms with Gasteiger partial charge in [0.15, 0.2) is 5.69 Å². The van der Waals surface area contributed by atoms with Crippen LogP contribution in [0.2, 0.25) is 0 Å². The Balaban J connectivity index is 1.67. The van der Waals surface area contributed by atoms with E-state index in [2.05, 4.69) is 38.4 Å². The largest absolute Gasteiger partial charge is 0.493 e. The third-order valence-electron chi connectivity index (χ3n) is 5.11. The summed E-state index contributed by atoms with van der Waals surface area (Å²) in [5.41, 5.74) is 3.94. The van der Waals surface area contributed by atoms with Gasteiger partial charge in [-0.3, -0.25) is 0 Å². The zero-order chi connectivity index (χ0) is 22.7. The Labute approximate surface area is 198 Å². The van der Waals surface area contributed by atoms with Crippen LogP contribution in [-0.4, -0.2) is 14.8 Å². The van der Waals surface area contributed by atoms with Crippen LogP contribution in [0.5, 0.6) is 5.88 Å². The lowest BCUT2D eigenvalue weighted by Crippen LogP contribution is -2.07. The molecule has 3 aromatic carbocycles. The maximum Gasteiger partial charge on any atom is 0.221 e. The van der Waals surface area contributed by atoms with Crippen LogP contribution >= 0.6 is 28.1 Å². The highest BCUT2D eigenvalue weighted by Gasteiger charge is 2.17. The molecular weight excluding hydrogens is 491 g/mol. The number of aromatic nitrogens is 1. The van der Waals surface area contributed by atoms with Crippen LogP contribution in [0.3, 0.4) is 0 Å². The van der Waals surface area contributed by atoms with Gasteiger partial charge in [0.2, 0.25) is 11.0 Å². The molecule has 162 valence electrons. The lowest BCUT2D eigenvalue weighted by atomic mass is 10.1. The van der Waals surface area contributed by atoms with E-state index in [1.165, 1.54) is 12.1 Å². The van der Waals surface area contributed by atoms with Gasteiger partial charge in [-0.2, -0.15) is 0 Å². The number of hydrogen-bond acceptors (Lipinski definition) is 3. The minimum atomic E-state index is -0.306. The molecule has 0 fully saturated rings. The van der Waals surface area contributed by atoms with Crippen molar-refractivity contribution in [3.8, 4) is 5.88 Å². The highest BCUT2D eigenvalue weighted by molar-refractivity contribution is 9.10. The molecule has 0 bridgehead atoms. The van der Waals surface area contributed by atoms with Crippen molar-refractivity contribution in [3.05, 3.63) is 88.1 Å². The van der Waals surface area contributed by atoms with Gasteiger partial charge >= 0.3 is 0 Å². The van der Waals surface area contributed by atoms with Crippen molar-refractivity contribution >= 4 is 55.5 Å². The number of nitrogens with one attached hydrogen (secondary N) is 1. The molecule has 5 nitrogen and oxygen atoms in total. The Morgan fingerprint density at radius 1 is 1.12 bits per heavy atom. The summed E-state index contributed by atoms with van der Waals surface area (Å²) in [5.74, 6) is -0.345. The van der Waals surface area contributed by atoms with Gasteiger partial charge in [-0.15, -0.1) is 10.2 Å². The van der Waals surface area contributed by atoms with Crippen LogP contribution in [0.1, 0.15) is 18.1 Å². The van der Waals surface area contributed by atoms with Gasteiger partial charge in [0.1, 0.15) is 5.82 Å². The van der Waals surface area contributed by atoms with E-state index in [-0.39, 0.29) is 16.8 Å². The summed E-state index contributed by atoms with van der Waals surface area (Å²) in [6.45, 7) is 2.42. The SMILES string of the molecule is CCc1ccccc1NC(=S)N=Nc1c(O)n(Cc2ccc(F)cc2)c2ccc(Br)cc12. The molecule has 4 aromatic rings. The molecule has 0 saturated heterocycles. The van der Waals surface area contributed by atoms with Gasteiger partial charge < -0.3 is 15.0 Å². The second-order valence-electron chi connectivity index (χ2n) is 7.19. The molecular formula is C24H20BrFN4OS. The number of fused-ring (bicyclic) bond motifs is 1. The Morgan fingerprint density at radius 3 is 2.62 bits per heavy atom. The van der Waals surface area contributed by atoms with Crippen molar-refractivity contribution in [1.29, 1.82) is 0 Å². The molecule has 0 saturated carbocycles. The summed E-state index contributed by atoms with van der Waals surface area (Å²) in [4.78, 5) is 0. The molecule has 0 aliphatic heterocycles. The normalized spacial score (nSPS) is 11.3. The summed E-state index contributed by atoms with van der Waals surface area (Å²) in [7, 11) is 0. The standard InChI is InChI=1S/C24H20BrFN4OS/c1-2-16-5-3-4-6-20(16)27-24(32)29-28-22-19-13-17(25)9-12-21(19)30(23(22)31)14-15-7-10-18(26)11-8-15/h3-13,31H,2,14H2,1H3,(H,27,32). The highest BCUT2D eigenvalue weighted by Crippen LogP contribution is 2.40. The van der Waals surface area contributed by atoms with E-state index in [0.29, 0.717) is 12.2 Å². The van der Waals surface area contributed by atoms with E-state index >= 15 is 0 Å². The highest BCUT2D eigenvalue weighted by atomic mass is 79.9. The predicted octanol–water partition coefficient (Wildman–Crippen LogP) is 7.34. The number of para-hydroxylation sites is 1. The van der Waals surface area contributed by atoms with Gasteiger partial charge in [-0.05, 0) is 66.2 Å². The minimum Gasteiger partial charge on any atom is -0.493 e. The number of hydrogen-bond donors (Lipinski definition) is 2. The molecule has 4 rings (SSSR count). The number of thiocarbonyl (C=S) groups is 1. The summed E-state index contributed by atoms with van der Waals surface area (Å²) in [6.07, 6.45) is 0.856. The minimum absolute atomic E-state index is 0.0390. The number of azo groups is 1. The Morgan fingerprint density at radius 2 is 1.88 bits per heavy atom. The third kappa shape index (κ3) is 4.71. The first-order valence-electron chi connectivity index (χ1n) is 10.0. The summed E-state index contributed by atoms with van der Waals surface area (Å²) >= 11 is 8.83. The zero-order valence-corrected chi connectivity index (χ0v) is 19.6. The lowest BCUT2D eigenvalue weighted by Gasteiger charge is -2.08. The van der Waals surface area contributed by atoms with E-state index in [9.17, 15) is 9.50 Å². The number of benzene rings is 3. The van der Waals surface area contributed by atoms with E-state index in [1.54, 1.807) is 16.7 Å². The first-order valence-corrected chi connectivity index (χ1v) is 11.2. The Kier molecular flexibility index (Phi) is 6.62. The van der Waals surface area contributed by atoms with E-state index in [1.807, 2.05) is 42.5 Å². The fraction of sp³-hybridized carbons (Fsp3) is 0.125. The van der Waals surface area contributed by atoms with E-state index < -0.39 is 0 Å². The van der Waals surface area contributed by atoms with Crippen LogP contribution in [0, 0.1) is 5.82 Å². The summed E-state index contributed by atoms with van der Waals surface area (Å²) < 4.78 is 15.8. The van der Waals surface area contributed by atoms with E-state index in [4.69, 9.17) is 12.2 Å². The molecule has 1 aromatic heterocycles. The third-order valence-corrected chi connectivity index (χ3v) is 5.78. The number of anilines is 1. The van der Waals surface area contributed by atoms with Crippen LogP contribution in [0.15, 0.2) is 81.4 Å². The van der Waals surface area contributed by atoms with Crippen molar-refractivity contribution in [2.24, 2.45) is 10.2 Å². The zero-order valence-electron chi connectivity index (χ0n) is 17.2. The molecule has 1 heterocycles. The fourth-order valence-corrected chi connectivity index (χ4v) is 4.02. The molecule has 0 radical (unpaired) electrons. The molecule has 0 spiro atoms. The molecule has 32 heavy (non-hydrogen) atoms. The second kappa shape index (κ2) is 9.58. The van der Waals surface area contributed by atoms with Gasteiger partial charge in [0.05, 0.1) is 12.1 Å². The first kappa shape index (κ1) is 22.1. The van der Waals surface area contributed by atoms with Gasteiger partial charge in [-0.1, -0.05) is 53.2 Å². The average molecular weight is 511 g/mol. The monoisotopic (exact) mass is 510 g/mol. The predicted molar refractivity (Wildman–Crippen MR) is 133 cm³/mol. The topological polar surface area (TPSA) is 61.9 Å². The van der Waals surface area contributed by atoms with Crippen LogP contribution < -0.4 is 5.32 Å². The molecule has 0 aliphatic carbocycles. The van der Waals surface area contributed by atoms with Gasteiger partial charge in [0, 0.05) is 15.5 Å². The molecule has 0 atom stereocenters. The van der Waals surface area contributed by atoms with Crippen LogP contribution in [-0.2, 0) is 13.0 Å². The maximum absolute atomic E-state index is 13.3. The Bertz CT molecular complexity index is 1320. The number of rotatable bonds is 5. The molecule has 0 unspecified atom stereocenters. The summed E-state index contributed by atoms with van der Waals surface area (Å²) in [5, 5.41) is 23.4. The molecule has 2 N–H and O–H groups in total. The summed E-state index contributed by atoms with van der Waals surface area (Å²) in [6, 6.07) is 19.7. The van der Waals surface area contributed by atoms with Gasteiger partial charge in [0.25, 0.3) is 0 Å². The number of aromatic hydroxyl groups is 1. The fourth-order valence-electron chi connectivity index (χ4n) is 3.51. The Hall–Kier alpha value is -3.10. The van der Waals surface area contributed by atoms with Crippen molar-refractivity contribution < 1.29 is 9.50 Å². The first-order chi connectivity index (χ1) is 15.5. The van der Waals surface area contributed by atoms with Crippen molar-refractivity contribution in [3.63, 3.8) is 0 Å². The molecule has 8 heteroatoms. The van der Waals surface area contributed by atoms with Gasteiger partial charge in [-0.25, -0.2) is 4.39 Å². The molecule has 0 amide bonds. The van der Waals surface area contributed by atoms with Crippen LogP contribution in [0.25, 0.3) is 10.9 Å². The number of nitrogens with zero attached hydrogens (tertiary/aromatic N) is 3. The average Bonchev–Trinajstić information content (AvgIpc) is 3.04. The van der Waals surface area contributed by atoms with Crippen molar-refractivity contribution in [2.45, 2.75) is 19.9 Å². The van der Waals surface area contributed by atoms with Crippen molar-refractivity contribution in [1.82, 2.24) is 4.57 Å². The quantitative estimate of drug-likeness (QED) is 0.218. The van der Waals surface area contributed by atoms with E-state index in [0.717, 1.165) is 38.6 Å². The van der Waals surface area contributed by atoms with Crippen molar-refractivity contribution in [2.75, 3.05) is 5.32 Å². The maximum atomic E-state index is 13.3. The second-order valence-corrected chi connectivity index (χ2v) is 8.49. The number of aryl methyl sites for hydroxylation is 1. The number of halogens is 2.